The van der Waals surface area contributed by atoms with Crippen molar-refractivity contribution >= 4 is 5.97 Å². The molecule has 0 aromatic heterocycles. The van der Waals surface area contributed by atoms with E-state index in [9.17, 15) is 4.79 Å². The Bertz CT molecular complexity index is 392. The predicted molar refractivity (Wildman–Crippen MR) is 59.8 cm³/mol. The van der Waals surface area contributed by atoms with Gasteiger partial charge in [0.15, 0.2) is 0 Å². The van der Waals surface area contributed by atoms with Gasteiger partial charge < -0.3 is 10.4 Å². The fraction of sp³-hybridized carbons (Fsp3) is 0.333. The number of aliphatic carboxylic acids is 1. The number of hydrogen-bond donors (Lipinski definition) is 2. The van der Waals surface area contributed by atoms with Gasteiger partial charge in [0.2, 0.25) is 0 Å². The molecular weight excluding hydrogens is 204 g/mol. The van der Waals surface area contributed by atoms with Gasteiger partial charge in [-0.3, -0.25) is 4.79 Å². The van der Waals surface area contributed by atoms with Crippen molar-refractivity contribution < 1.29 is 9.90 Å². The summed E-state index contributed by atoms with van der Waals surface area (Å²) in [7, 11) is 0. The SMILES string of the molecule is CCN[C@H](CC(=O)O)c1ccc(C#N)cc1. The molecule has 1 aromatic rings. The normalized spacial score (nSPS) is 11.8. The molecule has 1 rings (SSSR count). The van der Waals surface area contributed by atoms with E-state index in [1.54, 1.807) is 24.3 Å². The van der Waals surface area contributed by atoms with Crippen molar-refractivity contribution in [3.63, 3.8) is 0 Å². The van der Waals surface area contributed by atoms with Crippen LogP contribution in [0.25, 0.3) is 0 Å². The molecule has 2 N–H and O–H groups in total. The van der Waals surface area contributed by atoms with Crippen LogP contribution in [0.15, 0.2) is 24.3 Å². The van der Waals surface area contributed by atoms with Gasteiger partial charge in [0, 0.05) is 6.04 Å². The molecule has 0 saturated heterocycles. The first-order chi connectivity index (χ1) is 7.67. The van der Waals surface area contributed by atoms with Gasteiger partial charge in [0.25, 0.3) is 0 Å². The molecule has 0 spiro atoms. The smallest absolute Gasteiger partial charge is 0.305 e. The second-order valence-corrected chi connectivity index (χ2v) is 3.44. The molecule has 0 radical (unpaired) electrons. The van der Waals surface area contributed by atoms with Gasteiger partial charge in [0.1, 0.15) is 0 Å². The van der Waals surface area contributed by atoms with Gasteiger partial charge in [-0.2, -0.15) is 5.26 Å². The molecule has 4 heteroatoms. The zero-order valence-electron chi connectivity index (χ0n) is 9.10. The lowest BCUT2D eigenvalue weighted by Gasteiger charge is -2.16. The summed E-state index contributed by atoms with van der Waals surface area (Å²) in [5.41, 5.74) is 1.47. The van der Waals surface area contributed by atoms with E-state index in [4.69, 9.17) is 10.4 Å². The van der Waals surface area contributed by atoms with Crippen LogP contribution in [-0.2, 0) is 4.79 Å². The Kier molecular flexibility index (Phi) is 4.49. The summed E-state index contributed by atoms with van der Waals surface area (Å²) in [5, 5.41) is 20.5. The highest BCUT2D eigenvalue weighted by atomic mass is 16.4. The Morgan fingerprint density at radius 2 is 2.12 bits per heavy atom. The number of nitriles is 1. The largest absolute Gasteiger partial charge is 0.481 e. The molecule has 0 saturated carbocycles. The van der Waals surface area contributed by atoms with Crippen LogP contribution in [0.4, 0.5) is 0 Å². The summed E-state index contributed by atoms with van der Waals surface area (Å²) in [5.74, 6) is -0.838. The second-order valence-electron chi connectivity index (χ2n) is 3.44. The third kappa shape index (κ3) is 3.37. The molecule has 4 nitrogen and oxygen atoms in total. The minimum Gasteiger partial charge on any atom is -0.481 e. The summed E-state index contributed by atoms with van der Waals surface area (Å²) >= 11 is 0. The number of carboxylic acids is 1. The zero-order valence-corrected chi connectivity index (χ0v) is 9.10. The first kappa shape index (κ1) is 12.2. The van der Waals surface area contributed by atoms with Crippen LogP contribution in [0.1, 0.15) is 30.5 Å². The average molecular weight is 218 g/mol. The third-order valence-electron chi connectivity index (χ3n) is 2.27. The Morgan fingerprint density at radius 3 is 2.56 bits per heavy atom. The molecule has 0 aliphatic carbocycles. The van der Waals surface area contributed by atoms with Gasteiger partial charge in [0.05, 0.1) is 18.1 Å². The number of benzene rings is 1. The maximum absolute atomic E-state index is 10.7. The Hall–Kier alpha value is -1.86. The number of nitrogens with one attached hydrogen (secondary N) is 1. The Labute approximate surface area is 94.5 Å². The molecule has 0 amide bonds. The molecule has 0 bridgehead atoms. The summed E-state index contributed by atoms with van der Waals surface area (Å²) in [6, 6.07) is 8.80. The van der Waals surface area contributed by atoms with Crippen LogP contribution < -0.4 is 5.32 Å². The van der Waals surface area contributed by atoms with Crippen LogP contribution in [0.5, 0.6) is 0 Å². The highest BCUT2D eigenvalue weighted by Gasteiger charge is 2.13. The third-order valence-corrected chi connectivity index (χ3v) is 2.27. The minimum atomic E-state index is -0.838. The Morgan fingerprint density at radius 1 is 1.50 bits per heavy atom. The predicted octanol–water partition coefficient (Wildman–Crippen LogP) is 1.68. The standard InChI is InChI=1S/C12H14N2O2/c1-2-14-11(7-12(15)16)10-5-3-9(8-13)4-6-10/h3-6,11,14H,2,7H2,1H3,(H,15,16)/t11-/m1/s1. The van der Waals surface area contributed by atoms with E-state index in [0.717, 1.165) is 5.56 Å². The van der Waals surface area contributed by atoms with Crippen LogP contribution >= 0.6 is 0 Å². The maximum atomic E-state index is 10.7. The van der Waals surface area contributed by atoms with Gasteiger partial charge >= 0.3 is 5.97 Å². The van der Waals surface area contributed by atoms with E-state index in [1.807, 2.05) is 13.0 Å². The number of carbonyl (C=O) groups is 1. The fourth-order valence-electron chi connectivity index (χ4n) is 1.52. The zero-order chi connectivity index (χ0) is 12.0. The number of rotatable bonds is 5. The first-order valence-corrected chi connectivity index (χ1v) is 5.12. The summed E-state index contributed by atoms with van der Waals surface area (Å²) in [6.07, 6.45) is 0.0414. The van der Waals surface area contributed by atoms with E-state index in [-0.39, 0.29) is 12.5 Å². The molecule has 84 valence electrons. The number of nitrogens with zero attached hydrogens (tertiary/aromatic N) is 1. The molecule has 0 aliphatic rings. The van der Waals surface area contributed by atoms with Crippen molar-refractivity contribution in [2.45, 2.75) is 19.4 Å². The lowest BCUT2D eigenvalue weighted by atomic mass is 10.0. The molecule has 1 atom stereocenters. The molecule has 16 heavy (non-hydrogen) atoms. The van der Waals surface area contributed by atoms with Crippen molar-refractivity contribution in [2.75, 3.05) is 6.54 Å². The van der Waals surface area contributed by atoms with Crippen molar-refractivity contribution in [3.8, 4) is 6.07 Å². The Balaban J connectivity index is 2.84. The molecule has 0 unspecified atom stereocenters. The number of hydrogen-bond acceptors (Lipinski definition) is 3. The lowest BCUT2D eigenvalue weighted by Crippen LogP contribution is -2.23. The van der Waals surface area contributed by atoms with E-state index in [0.29, 0.717) is 12.1 Å². The summed E-state index contributed by atoms with van der Waals surface area (Å²) in [6.45, 7) is 2.64. The van der Waals surface area contributed by atoms with E-state index in [2.05, 4.69) is 5.32 Å². The van der Waals surface area contributed by atoms with Crippen LogP contribution in [0, 0.1) is 11.3 Å². The summed E-state index contributed by atoms with van der Waals surface area (Å²) < 4.78 is 0. The van der Waals surface area contributed by atoms with Gasteiger partial charge in [-0.15, -0.1) is 0 Å². The topological polar surface area (TPSA) is 73.1 Å². The molecular formula is C12H14N2O2. The molecule has 1 aromatic carbocycles. The molecule has 0 fully saturated rings. The lowest BCUT2D eigenvalue weighted by molar-refractivity contribution is -0.137. The van der Waals surface area contributed by atoms with Gasteiger partial charge in [-0.05, 0) is 24.2 Å². The highest BCUT2D eigenvalue weighted by molar-refractivity contribution is 5.68. The first-order valence-electron chi connectivity index (χ1n) is 5.12. The number of carboxylic acid groups (broad SMARTS) is 1. The average Bonchev–Trinajstić information content (AvgIpc) is 2.28. The van der Waals surface area contributed by atoms with Crippen molar-refractivity contribution in [1.82, 2.24) is 5.32 Å². The van der Waals surface area contributed by atoms with Gasteiger partial charge in [-0.1, -0.05) is 19.1 Å². The quantitative estimate of drug-likeness (QED) is 0.788. The van der Waals surface area contributed by atoms with Crippen molar-refractivity contribution in [2.24, 2.45) is 0 Å². The van der Waals surface area contributed by atoms with Crippen LogP contribution in [0.3, 0.4) is 0 Å². The van der Waals surface area contributed by atoms with Crippen LogP contribution in [-0.4, -0.2) is 17.6 Å². The molecule has 0 heterocycles. The maximum Gasteiger partial charge on any atom is 0.305 e. The molecule has 0 aliphatic heterocycles. The minimum absolute atomic E-state index is 0.0414. The second kappa shape index (κ2) is 5.89. The van der Waals surface area contributed by atoms with E-state index < -0.39 is 5.97 Å². The van der Waals surface area contributed by atoms with E-state index in [1.165, 1.54) is 0 Å². The fourth-order valence-corrected chi connectivity index (χ4v) is 1.52. The van der Waals surface area contributed by atoms with Crippen molar-refractivity contribution in [1.29, 1.82) is 5.26 Å². The van der Waals surface area contributed by atoms with Crippen molar-refractivity contribution in [3.05, 3.63) is 35.4 Å². The van der Waals surface area contributed by atoms with E-state index >= 15 is 0 Å². The van der Waals surface area contributed by atoms with Gasteiger partial charge in [-0.25, -0.2) is 0 Å². The summed E-state index contributed by atoms with van der Waals surface area (Å²) in [4.78, 5) is 10.7. The van der Waals surface area contributed by atoms with Crippen LogP contribution in [0.2, 0.25) is 0 Å². The monoisotopic (exact) mass is 218 g/mol. The highest BCUT2D eigenvalue weighted by Crippen LogP contribution is 2.17.